The molecule has 0 aliphatic carbocycles. The van der Waals surface area contributed by atoms with Crippen molar-refractivity contribution in [1.82, 2.24) is 15.2 Å². The first-order valence-corrected chi connectivity index (χ1v) is 9.62. The molecule has 148 valence electrons. The van der Waals surface area contributed by atoms with Crippen LogP contribution in [0.2, 0.25) is 0 Å². The first-order chi connectivity index (χ1) is 14.2. The molecule has 3 aromatic rings. The zero-order valence-corrected chi connectivity index (χ0v) is 16.2. The predicted molar refractivity (Wildman–Crippen MR) is 115 cm³/mol. The summed E-state index contributed by atoms with van der Waals surface area (Å²) in [4.78, 5) is 18.1. The largest absolute Gasteiger partial charge is 0.372 e. The second kappa shape index (κ2) is 8.55. The summed E-state index contributed by atoms with van der Waals surface area (Å²) in [5.41, 5.74) is 3.64. The quantitative estimate of drug-likeness (QED) is 0.588. The van der Waals surface area contributed by atoms with Crippen LogP contribution in [0, 0.1) is 0 Å². The van der Waals surface area contributed by atoms with Crippen LogP contribution in [0.1, 0.15) is 19.8 Å². The first-order valence-electron chi connectivity index (χ1n) is 9.62. The van der Waals surface area contributed by atoms with Gasteiger partial charge in [0.05, 0.1) is 6.20 Å². The van der Waals surface area contributed by atoms with Crippen LogP contribution in [0.4, 0.5) is 34.5 Å². The van der Waals surface area contributed by atoms with Crippen molar-refractivity contribution in [2.75, 3.05) is 33.9 Å². The van der Waals surface area contributed by atoms with Crippen molar-refractivity contribution in [2.45, 2.75) is 19.8 Å². The van der Waals surface area contributed by atoms with Crippen LogP contribution in [0.5, 0.6) is 0 Å². The molecule has 1 fully saturated rings. The molecule has 29 heavy (non-hydrogen) atoms. The van der Waals surface area contributed by atoms with E-state index in [-0.39, 0.29) is 5.91 Å². The Kier molecular flexibility index (Phi) is 5.51. The molecule has 0 bridgehead atoms. The lowest BCUT2D eigenvalue weighted by molar-refractivity contribution is -0.114. The Balaban J connectivity index is 1.43. The molecule has 1 aromatic heterocycles. The van der Waals surface area contributed by atoms with Crippen molar-refractivity contribution in [2.24, 2.45) is 0 Å². The van der Waals surface area contributed by atoms with Gasteiger partial charge in [-0.1, -0.05) is 6.07 Å². The molecular weight excluding hydrogens is 366 g/mol. The van der Waals surface area contributed by atoms with E-state index in [9.17, 15) is 4.79 Å². The number of rotatable bonds is 6. The molecule has 0 atom stereocenters. The second-order valence-corrected chi connectivity index (χ2v) is 6.92. The van der Waals surface area contributed by atoms with Gasteiger partial charge in [0.15, 0.2) is 5.82 Å². The van der Waals surface area contributed by atoms with Crippen LogP contribution in [0.15, 0.2) is 54.7 Å². The summed E-state index contributed by atoms with van der Waals surface area (Å²) >= 11 is 0. The van der Waals surface area contributed by atoms with Gasteiger partial charge in [-0.15, -0.1) is 5.10 Å². The average Bonchev–Trinajstić information content (AvgIpc) is 3.23. The van der Waals surface area contributed by atoms with Crippen molar-refractivity contribution < 1.29 is 4.79 Å². The Morgan fingerprint density at radius 1 is 0.966 bits per heavy atom. The number of amides is 1. The summed E-state index contributed by atoms with van der Waals surface area (Å²) in [6.07, 6.45) is 4.06. The van der Waals surface area contributed by atoms with Gasteiger partial charge in [0, 0.05) is 42.8 Å². The van der Waals surface area contributed by atoms with E-state index < -0.39 is 0 Å². The van der Waals surface area contributed by atoms with Crippen molar-refractivity contribution in [3.63, 3.8) is 0 Å². The van der Waals surface area contributed by atoms with E-state index >= 15 is 0 Å². The van der Waals surface area contributed by atoms with Crippen molar-refractivity contribution in [1.29, 1.82) is 0 Å². The van der Waals surface area contributed by atoms with Gasteiger partial charge in [0.2, 0.25) is 11.9 Å². The Hall–Kier alpha value is -3.68. The van der Waals surface area contributed by atoms with Gasteiger partial charge in [0.25, 0.3) is 0 Å². The third kappa shape index (κ3) is 4.98. The number of carbonyl (C=O) groups excluding carboxylic acids is 1. The van der Waals surface area contributed by atoms with Gasteiger partial charge in [-0.25, -0.2) is 0 Å². The van der Waals surface area contributed by atoms with Crippen LogP contribution in [0.25, 0.3) is 0 Å². The highest BCUT2D eigenvalue weighted by molar-refractivity contribution is 5.89. The normalized spacial score (nSPS) is 13.2. The Labute approximate surface area is 169 Å². The molecule has 1 aliphatic rings. The Morgan fingerprint density at radius 3 is 2.48 bits per heavy atom. The Morgan fingerprint density at radius 2 is 1.72 bits per heavy atom. The van der Waals surface area contributed by atoms with E-state index in [2.05, 4.69) is 48.2 Å². The summed E-state index contributed by atoms with van der Waals surface area (Å²) in [7, 11) is 0. The highest BCUT2D eigenvalue weighted by Crippen LogP contribution is 2.24. The topological polar surface area (TPSA) is 95.1 Å². The molecule has 3 N–H and O–H groups in total. The zero-order valence-electron chi connectivity index (χ0n) is 16.2. The second-order valence-electron chi connectivity index (χ2n) is 6.92. The molecule has 0 spiro atoms. The molecule has 2 heterocycles. The maximum Gasteiger partial charge on any atom is 0.249 e. The number of hydrogen-bond acceptors (Lipinski definition) is 7. The van der Waals surface area contributed by atoms with Gasteiger partial charge >= 0.3 is 0 Å². The summed E-state index contributed by atoms with van der Waals surface area (Å²) in [5.74, 6) is 0.839. The minimum atomic E-state index is -0.118. The maximum atomic E-state index is 11.2. The van der Waals surface area contributed by atoms with Crippen LogP contribution in [-0.2, 0) is 4.79 Å². The summed E-state index contributed by atoms with van der Waals surface area (Å²) < 4.78 is 0. The van der Waals surface area contributed by atoms with E-state index in [4.69, 9.17) is 0 Å². The number of benzene rings is 2. The molecule has 0 radical (unpaired) electrons. The van der Waals surface area contributed by atoms with Gasteiger partial charge in [-0.3, -0.25) is 4.79 Å². The summed E-state index contributed by atoms with van der Waals surface area (Å²) in [5, 5.41) is 17.2. The highest BCUT2D eigenvalue weighted by atomic mass is 16.1. The average molecular weight is 389 g/mol. The smallest absolute Gasteiger partial charge is 0.249 e. The molecule has 0 unspecified atom stereocenters. The van der Waals surface area contributed by atoms with Crippen LogP contribution >= 0.6 is 0 Å². The molecule has 8 heteroatoms. The maximum absolute atomic E-state index is 11.2. The molecular formula is C21H23N7O. The van der Waals surface area contributed by atoms with E-state index in [1.165, 1.54) is 25.5 Å². The van der Waals surface area contributed by atoms with Crippen LogP contribution in [0.3, 0.4) is 0 Å². The lowest BCUT2D eigenvalue weighted by Crippen LogP contribution is -2.17. The van der Waals surface area contributed by atoms with Crippen LogP contribution in [-0.4, -0.2) is 34.2 Å². The first kappa shape index (κ1) is 18.7. The van der Waals surface area contributed by atoms with Crippen molar-refractivity contribution in [3.8, 4) is 0 Å². The highest BCUT2D eigenvalue weighted by Gasteiger charge is 2.12. The third-order valence-corrected chi connectivity index (χ3v) is 4.61. The SMILES string of the molecule is CC(=O)Nc1cccc(Nc2cnnc(Nc3ccc(N4CCCC4)cc3)n2)c1. The zero-order chi connectivity index (χ0) is 20.1. The fraction of sp³-hybridized carbons (Fsp3) is 0.238. The minimum absolute atomic E-state index is 0.118. The predicted octanol–water partition coefficient (Wildman–Crippen LogP) is 3.92. The Bertz CT molecular complexity index is 984. The van der Waals surface area contributed by atoms with Crippen molar-refractivity contribution in [3.05, 3.63) is 54.7 Å². The lowest BCUT2D eigenvalue weighted by atomic mass is 10.2. The van der Waals surface area contributed by atoms with Crippen molar-refractivity contribution >= 4 is 40.4 Å². The molecule has 2 aromatic carbocycles. The standard InChI is InChI=1S/C21H23N7O/c1-15(29)23-17-5-4-6-18(13-17)24-20-14-22-27-21(26-20)25-16-7-9-19(10-8-16)28-11-2-3-12-28/h4-10,13-14H,2-3,11-12H2,1H3,(H,23,29)(H2,24,25,26,27). The molecule has 1 aliphatic heterocycles. The van der Waals surface area contributed by atoms with Gasteiger partial charge < -0.3 is 20.9 Å². The van der Waals surface area contributed by atoms with E-state index in [1.807, 2.05) is 36.4 Å². The number of aromatic nitrogens is 3. The molecule has 1 amide bonds. The molecule has 8 nitrogen and oxygen atoms in total. The lowest BCUT2D eigenvalue weighted by Gasteiger charge is -2.17. The van der Waals surface area contributed by atoms with E-state index in [0.29, 0.717) is 17.5 Å². The minimum Gasteiger partial charge on any atom is -0.372 e. The number of anilines is 6. The van der Waals surface area contributed by atoms with E-state index in [0.717, 1.165) is 24.5 Å². The molecule has 1 saturated heterocycles. The number of carbonyl (C=O) groups is 1. The number of nitrogens with one attached hydrogen (secondary N) is 3. The van der Waals surface area contributed by atoms with Gasteiger partial charge in [0.1, 0.15) is 0 Å². The molecule has 4 rings (SSSR count). The van der Waals surface area contributed by atoms with Gasteiger partial charge in [-0.2, -0.15) is 10.1 Å². The number of nitrogens with zero attached hydrogens (tertiary/aromatic N) is 4. The third-order valence-electron chi connectivity index (χ3n) is 4.61. The summed E-state index contributed by atoms with van der Waals surface area (Å²) in [6.45, 7) is 3.72. The van der Waals surface area contributed by atoms with Gasteiger partial charge in [-0.05, 0) is 55.3 Å². The summed E-state index contributed by atoms with van der Waals surface area (Å²) in [6, 6.07) is 15.6. The molecule has 0 saturated carbocycles. The monoisotopic (exact) mass is 389 g/mol. The number of hydrogen-bond donors (Lipinski definition) is 3. The fourth-order valence-corrected chi connectivity index (χ4v) is 3.30. The van der Waals surface area contributed by atoms with Crippen LogP contribution < -0.4 is 20.9 Å². The van der Waals surface area contributed by atoms with E-state index in [1.54, 1.807) is 6.20 Å². The fourth-order valence-electron chi connectivity index (χ4n) is 3.30.